The molecule has 1 aromatic carbocycles. The summed E-state index contributed by atoms with van der Waals surface area (Å²) in [7, 11) is 0. The van der Waals surface area contributed by atoms with E-state index >= 15 is 0 Å². The van der Waals surface area contributed by atoms with Gasteiger partial charge in [0.1, 0.15) is 11.9 Å². The third-order valence-corrected chi connectivity index (χ3v) is 3.95. The molecule has 5 heteroatoms. The molecule has 3 rings (SSSR count). The molecule has 1 aromatic heterocycles. The molecule has 1 aliphatic heterocycles. The molecule has 4 nitrogen and oxygen atoms in total. The molecule has 0 aliphatic carbocycles. The summed E-state index contributed by atoms with van der Waals surface area (Å²) in [5.41, 5.74) is 2.71. The van der Waals surface area contributed by atoms with E-state index in [9.17, 15) is 9.65 Å². The van der Waals surface area contributed by atoms with Crippen LogP contribution in [0.1, 0.15) is 24.6 Å². The molecule has 0 saturated carbocycles. The van der Waals surface area contributed by atoms with E-state index in [1.54, 1.807) is 12.1 Å². The van der Waals surface area contributed by atoms with E-state index in [4.69, 9.17) is 9.47 Å². The van der Waals surface area contributed by atoms with Gasteiger partial charge in [0.15, 0.2) is 11.5 Å². The summed E-state index contributed by atoms with van der Waals surface area (Å²) in [6.07, 6.45) is 4.56. The highest BCUT2D eigenvalue weighted by molar-refractivity contribution is 5.91. The van der Waals surface area contributed by atoms with Crippen LogP contribution in [0, 0.1) is 24.1 Å². The molecule has 2 heterocycles. The summed E-state index contributed by atoms with van der Waals surface area (Å²) < 4.78 is 26.3. The predicted molar refractivity (Wildman–Crippen MR) is 90.2 cm³/mol. The van der Waals surface area contributed by atoms with Crippen molar-refractivity contribution in [3.05, 3.63) is 65.5 Å². The number of halogens is 1. The van der Waals surface area contributed by atoms with Gasteiger partial charge in [-0.1, -0.05) is 19.6 Å². The number of hydrogen-bond donors (Lipinski definition) is 0. The van der Waals surface area contributed by atoms with E-state index in [1.807, 2.05) is 24.5 Å². The molecule has 0 bridgehead atoms. The number of nitrogens with zero attached hydrogens (tertiary/aromatic N) is 2. The zero-order valence-electron chi connectivity index (χ0n) is 13.6. The average Bonchev–Trinajstić information content (AvgIpc) is 3.07. The van der Waals surface area contributed by atoms with Crippen LogP contribution in [-0.2, 0) is 9.47 Å². The lowest BCUT2D eigenvalue weighted by Gasteiger charge is -2.11. The number of nitriles is 1. The van der Waals surface area contributed by atoms with Gasteiger partial charge in [-0.2, -0.15) is 5.26 Å². The molecule has 0 N–H and O–H groups in total. The highest BCUT2D eigenvalue weighted by atomic mass is 19.1. The minimum atomic E-state index is -0.348. The van der Waals surface area contributed by atoms with E-state index in [2.05, 4.69) is 12.6 Å². The van der Waals surface area contributed by atoms with Crippen molar-refractivity contribution in [3.8, 4) is 6.07 Å². The second-order valence-corrected chi connectivity index (χ2v) is 5.44. The lowest BCUT2D eigenvalue weighted by molar-refractivity contribution is 0.0980. The molecule has 0 atom stereocenters. The first-order valence-corrected chi connectivity index (χ1v) is 7.64. The fourth-order valence-electron chi connectivity index (χ4n) is 2.86. The smallest absolute Gasteiger partial charge is 0.231 e. The van der Waals surface area contributed by atoms with E-state index in [0.717, 1.165) is 23.2 Å². The Kier molecular flexibility index (Phi) is 4.13. The molecule has 1 aliphatic rings. The average molecular weight is 324 g/mol. The number of ether oxygens (including phenoxy) is 2. The highest BCUT2D eigenvalue weighted by Gasteiger charge is 2.19. The topological polar surface area (TPSA) is 47.2 Å². The van der Waals surface area contributed by atoms with Crippen LogP contribution in [0.2, 0.25) is 0 Å². The first-order valence-electron chi connectivity index (χ1n) is 7.64. The van der Waals surface area contributed by atoms with Gasteiger partial charge in [-0.15, -0.1) is 0 Å². The Hall–Kier alpha value is -3.00. The van der Waals surface area contributed by atoms with Crippen molar-refractivity contribution >= 4 is 16.6 Å². The Balaban J connectivity index is 2.28. The molecule has 0 unspecified atom stereocenters. The normalized spacial score (nSPS) is 16.3. The number of fused-ring (bicyclic) bond motifs is 1. The van der Waals surface area contributed by atoms with Gasteiger partial charge in [0.2, 0.25) is 6.79 Å². The van der Waals surface area contributed by atoms with E-state index in [1.165, 1.54) is 12.1 Å². The predicted octanol–water partition coefficient (Wildman–Crippen LogP) is 4.61. The van der Waals surface area contributed by atoms with Crippen LogP contribution < -0.4 is 0 Å². The molecule has 2 aromatic rings. The first-order chi connectivity index (χ1) is 11.6. The van der Waals surface area contributed by atoms with Gasteiger partial charge in [-0.05, 0) is 31.5 Å². The van der Waals surface area contributed by atoms with Crippen LogP contribution in [0.25, 0.3) is 16.6 Å². The zero-order valence-corrected chi connectivity index (χ0v) is 13.6. The Morgan fingerprint density at radius 1 is 1.46 bits per heavy atom. The van der Waals surface area contributed by atoms with Gasteiger partial charge < -0.3 is 14.0 Å². The molecule has 0 radical (unpaired) electrons. The van der Waals surface area contributed by atoms with Gasteiger partial charge in [0.05, 0.1) is 11.1 Å². The lowest BCUT2D eigenvalue weighted by Crippen LogP contribution is -1.99. The van der Waals surface area contributed by atoms with Crippen molar-refractivity contribution in [2.24, 2.45) is 0 Å². The molecular weight excluding hydrogens is 307 g/mol. The minimum absolute atomic E-state index is 0.132. The second kappa shape index (κ2) is 6.25. The molecular formula is C19H17FN2O2. The molecule has 0 spiro atoms. The van der Waals surface area contributed by atoms with Crippen LogP contribution in [-0.4, -0.2) is 11.4 Å². The summed E-state index contributed by atoms with van der Waals surface area (Å²) in [5.74, 6) is 0.641. The largest absolute Gasteiger partial charge is 0.454 e. The summed E-state index contributed by atoms with van der Waals surface area (Å²) in [4.78, 5) is 0. The van der Waals surface area contributed by atoms with Gasteiger partial charge in [-0.25, -0.2) is 4.39 Å². The maximum atomic E-state index is 13.8. The Bertz CT molecular complexity index is 929. The molecule has 122 valence electrons. The standard InChI is InChI=1S/C19H17FN2O2/c1-4-5-15(9-19-13(3)23-11-24-19)22-12(2)17(10-21)16-7-6-14(20)8-18(16)22/h5-9H,3-4,11H2,1-2H3/b15-5+,19-9+. The van der Waals surface area contributed by atoms with Crippen molar-refractivity contribution in [1.82, 2.24) is 4.57 Å². The van der Waals surface area contributed by atoms with Crippen LogP contribution in [0.15, 0.2) is 48.4 Å². The zero-order chi connectivity index (χ0) is 17.3. The van der Waals surface area contributed by atoms with Crippen LogP contribution in [0.3, 0.4) is 0 Å². The monoisotopic (exact) mass is 324 g/mol. The van der Waals surface area contributed by atoms with Crippen molar-refractivity contribution in [1.29, 1.82) is 5.26 Å². The second-order valence-electron chi connectivity index (χ2n) is 5.44. The molecule has 0 amide bonds. The van der Waals surface area contributed by atoms with Crippen LogP contribution >= 0.6 is 0 Å². The fraction of sp³-hybridized carbons (Fsp3) is 0.211. The number of benzene rings is 1. The Morgan fingerprint density at radius 2 is 2.25 bits per heavy atom. The summed E-state index contributed by atoms with van der Waals surface area (Å²) in [5, 5.41) is 10.2. The van der Waals surface area contributed by atoms with Crippen LogP contribution in [0.4, 0.5) is 4.39 Å². The van der Waals surface area contributed by atoms with Gasteiger partial charge in [0, 0.05) is 22.9 Å². The first kappa shape index (κ1) is 15.9. The minimum Gasteiger partial charge on any atom is -0.454 e. The maximum absolute atomic E-state index is 13.8. The molecule has 1 saturated heterocycles. The van der Waals surface area contributed by atoms with E-state index < -0.39 is 0 Å². The Morgan fingerprint density at radius 3 is 2.88 bits per heavy atom. The van der Waals surface area contributed by atoms with Gasteiger partial charge in [0.25, 0.3) is 0 Å². The third-order valence-electron chi connectivity index (χ3n) is 3.95. The van der Waals surface area contributed by atoms with Gasteiger partial charge in [-0.3, -0.25) is 0 Å². The third kappa shape index (κ3) is 2.56. The van der Waals surface area contributed by atoms with Gasteiger partial charge >= 0.3 is 0 Å². The quantitative estimate of drug-likeness (QED) is 0.828. The lowest BCUT2D eigenvalue weighted by atomic mass is 10.1. The fourth-order valence-corrected chi connectivity index (χ4v) is 2.86. The number of hydrogen-bond acceptors (Lipinski definition) is 3. The summed E-state index contributed by atoms with van der Waals surface area (Å²) in [6.45, 7) is 7.78. The molecule has 24 heavy (non-hydrogen) atoms. The highest BCUT2D eigenvalue weighted by Crippen LogP contribution is 2.31. The Labute approximate surface area is 139 Å². The van der Waals surface area contributed by atoms with Crippen molar-refractivity contribution in [2.45, 2.75) is 20.3 Å². The van der Waals surface area contributed by atoms with Crippen LogP contribution in [0.5, 0.6) is 0 Å². The summed E-state index contributed by atoms with van der Waals surface area (Å²) in [6, 6.07) is 6.65. The SMILES string of the molecule is C=C1OCO/C1=C/C(=C\CC)n1c(C)c(C#N)c2ccc(F)cc21. The maximum Gasteiger partial charge on any atom is 0.231 e. The van der Waals surface area contributed by atoms with E-state index in [0.29, 0.717) is 22.6 Å². The number of allylic oxidation sites excluding steroid dienone is 3. The van der Waals surface area contributed by atoms with Crippen molar-refractivity contribution in [3.63, 3.8) is 0 Å². The number of aromatic nitrogens is 1. The molecule has 1 fully saturated rings. The number of rotatable bonds is 3. The van der Waals surface area contributed by atoms with Crippen molar-refractivity contribution < 1.29 is 13.9 Å². The van der Waals surface area contributed by atoms with E-state index in [-0.39, 0.29) is 12.6 Å². The van der Waals surface area contributed by atoms with Crippen molar-refractivity contribution in [2.75, 3.05) is 6.79 Å². The summed E-state index contributed by atoms with van der Waals surface area (Å²) >= 11 is 0.